The monoisotopic (exact) mass is 290 g/mol. The maximum Gasteiger partial charge on any atom is 0.118 e. The van der Waals surface area contributed by atoms with Crippen LogP contribution in [0.1, 0.15) is 11.1 Å². The Morgan fingerprint density at radius 3 is 2.30 bits per heavy atom. The third-order valence-corrected chi connectivity index (χ3v) is 3.54. The Bertz CT molecular complexity index is 569. The molecule has 0 aliphatic rings. The molecule has 2 N–H and O–H groups in total. The van der Waals surface area contributed by atoms with Gasteiger partial charge in [-0.1, -0.05) is 29.8 Å². The minimum Gasteiger partial charge on any atom is -0.497 e. The van der Waals surface area contributed by atoms with E-state index in [2.05, 4.69) is 17.0 Å². The predicted octanol–water partition coefficient (Wildman–Crippen LogP) is 3.44. The molecule has 0 atom stereocenters. The average molecular weight is 291 g/mol. The van der Waals surface area contributed by atoms with Crippen molar-refractivity contribution in [3.05, 3.63) is 58.6 Å². The van der Waals surface area contributed by atoms with Gasteiger partial charge in [-0.25, -0.2) is 0 Å². The molecule has 0 bridgehead atoms. The Morgan fingerprint density at radius 2 is 1.75 bits per heavy atom. The number of halogens is 1. The van der Waals surface area contributed by atoms with E-state index in [0.29, 0.717) is 6.54 Å². The van der Waals surface area contributed by atoms with Gasteiger partial charge in [-0.15, -0.1) is 0 Å². The van der Waals surface area contributed by atoms with E-state index in [1.54, 1.807) is 7.11 Å². The zero-order valence-electron chi connectivity index (χ0n) is 11.8. The summed E-state index contributed by atoms with van der Waals surface area (Å²) in [4.78, 5) is 2.12. The standard InChI is InChI=1S/C16H19ClN2O/c1-19(11-12-3-6-14(20-2)7-4-12)16-8-5-13(10-18)9-15(16)17/h3-9H,10-11,18H2,1-2H3. The highest BCUT2D eigenvalue weighted by Crippen LogP contribution is 2.27. The van der Waals surface area contributed by atoms with Crippen LogP contribution in [-0.2, 0) is 13.1 Å². The minimum atomic E-state index is 0.502. The second kappa shape index (κ2) is 6.64. The number of nitrogens with zero attached hydrogens (tertiary/aromatic N) is 1. The predicted molar refractivity (Wildman–Crippen MR) is 84.4 cm³/mol. The van der Waals surface area contributed by atoms with E-state index >= 15 is 0 Å². The Morgan fingerprint density at radius 1 is 1.10 bits per heavy atom. The van der Waals surface area contributed by atoms with Gasteiger partial charge >= 0.3 is 0 Å². The largest absolute Gasteiger partial charge is 0.497 e. The molecule has 4 heteroatoms. The molecule has 2 aromatic carbocycles. The first kappa shape index (κ1) is 14.7. The van der Waals surface area contributed by atoms with Crippen LogP contribution in [0.4, 0.5) is 5.69 Å². The molecule has 0 saturated carbocycles. The van der Waals surface area contributed by atoms with Crippen molar-refractivity contribution < 1.29 is 4.74 Å². The van der Waals surface area contributed by atoms with Crippen molar-refractivity contribution >= 4 is 17.3 Å². The zero-order valence-corrected chi connectivity index (χ0v) is 12.5. The number of benzene rings is 2. The van der Waals surface area contributed by atoms with Crippen LogP contribution in [0.5, 0.6) is 5.75 Å². The van der Waals surface area contributed by atoms with Gasteiger partial charge in [-0.2, -0.15) is 0 Å². The van der Waals surface area contributed by atoms with Crippen LogP contribution in [0.15, 0.2) is 42.5 Å². The Balaban J connectivity index is 2.12. The summed E-state index contributed by atoms with van der Waals surface area (Å²) in [6.45, 7) is 1.29. The lowest BCUT2D eigenvalue weighted by Crippen LogP contribution is -2.16. The van der Waals surface area contributed by atoms with Gasteiger partial charge in [0.15, 0.2) is 0 Å². The van der Waals surface area contributed by atoms with Crippen LogP contribution >= 0.6 is 11.6 Å². The van der Waals surface area contributed by atoms with E-state index in [-0.39, 0.29) is 0 Å². The number of anilines is 1. The Hall–Kier alpha value is -1.71. The molecule has 2 aromatic rings. The van der Waals surface area contributed by atoms with Crippen LogP contribution in [0.25, 0.3) is 0 Å². The van der Waals surface area contributed by atoms with Crippen LogP contribution < -0.4 is 15.4 Å². The average Bonchev–Trinajstić information content (AvgIpc) is 2.47. The van der Waals surface area contributed by atoms with Gasteiger partial charge in [0, 0.05) is 20.1 Å². The van der Waals surface area contributed by atoms with Crippen molar-refractivity contribution in [3.63, 3.8) is 0 Å². The van der Waals surface area contributed by atoms with Gasteiger partial charge in [0.25, 0.3) is 0 Å². The lowest BCUT2D eigenvalue weighted by molar-refractivity contribution is 0.414. The summed E-state index contributed by atoms with van der Waals surface area (Å²) < 4.78 is 5.16. The number of rotatable bonds is 5. The van der Waals surface area contributed by atoms with E-state index < -0.39 is 0 Å². The highest BCUT2D eigenvalue weighted by Gasteiger charge is 2.07. The van der Waals surface area contributed by atoms with E-state index in [0.717, 1.165) is 28.6 Å². The Labute approximate surface area is 124 Å². The molecule has 0 aliphatic heterocycles. The molecular weight excluding hydrogens is 272 g/mol. The first-order chi connectivity index (χ1) is 9.63. The molecule has 0 aliphatic carbocycles. The summed E-state index contributed by atoms with van der Waals surface area (Å²) in [7, 11) is 3.69. The summed E-state index contributed by atoms with van der Waals surface area (Å²) in [5, 5.41) is 0.726. The van der Waals surface area contributed by atoms with Crippen molar-refractivity contribution in [2.45, 2.75) is 13.1 Å². The molecule has 2 rings (SSSR count). The summed E-state index contributed by atoms with van der Waals surface area (Å²) >= 11 is 6.30. The van der Waals surface area contributed by atoms with Crippen molar-refractivity contribution in [3.8, 4) is 5.75 Å². The van der Waals surface area contributed by atoms with Crippen LogP contribution in [0, 0.1) is 0 Å². The molecule has 106 valence electrons. The molecule has 0 unspecified atom stereocenters. The van der Waals surface area contributed by atoms with E-state index in [1.807, 2.05) is 37.4 Å². The van der Waals surface area contributed by atoms with E-state index in [4.69, 9.17) is 22.1 Å². The van der Waals surface area contributed by atoms with Gasteiger partial charge in [0.1, 0.15) is 5.75 Å². The normalized spacial score (nSPS) is 10.4. The third-order valence-electron chi connectivity index (χ3n) is 3.24. The van der Waals surface area contributed by atoms with Crippen molar-refractivity contribution in [1.82, 2.24) is 0 Å². The number of hydrogen-bond acceptors (Lipinski definition) is 3. The molecule has 0 heterocycles. The fourth-order valence-electron chi connectivity index (χ4n) is 2.08. The fraction of sp³-hybridized carbons (Fsp3) is 0.250. The Kier molecular flexibility index (Phi) is 4.88. The fourth-order valence-corrected chi connectivity index (χ4v) is 2.42. The van der Waals surface area contributed by atoms with Gasteiger partial charge in [0.2, 0.25) is 0 Å². The summed E-state index contributed by atoms with van der Waals surface area (Å²) in [6, 6.07) is 14.0. The number of ether oxygens (including phenoxy) is 1. The van der Waals surface area contributed by atoms with Crippen LogP contribution in [-0.4, -0.2) is 14.2 Å². The molecule has 0 spiro atoms. The topological polar surface area (TPSA) is 38.5 Å². The first-order valence-electron chi connectivity index (χ1n) is 6.46. The van der Waals surface area contributed by atoms with Gasteiger partial charge in [0.05, 0.1) is 17.8 Å². The second-order valence-corrected chi connectivity index (χ2v) is 5.10. The van der Waals surface area contributed by atoms with Crippen LogP contribution in [0.2, 0.25) is 5.02 Å². The number of hydrogen-bond donors (Lipinski definition) is 1. The first-order valence-corrected chi connectivity index (χ1v) is 6.84. The maximum atomic E-state index is 6.30. The van der Waals surface area contributed by atoms with Crippen molar-refractivity contribution in [1.29, 1.82) is 0 Å². The second-order valence-electron chi connectivity index (χ2n) is 4.69. The molecule has 0 radical (unpaired) electrons. The van der Waals surface area contributed by atoms with Crippen molar-refractivity contribution in [2.24, 2.45) is 5.73 Å². The molecule has 0 amide bonds. The maximum absolute atomic E-state index is 6.30. The molecular formula is C16H19ClN2O. The quantitative estimate of drug-likeness (QED) is 0.917. The van der Waals surface area contributed by atoms with Crippen LogP contribution in [0.3, 0.4) is 0 Å². The highest BCUT2D eigenvalue weighted by atomic mass is 35.5. The van der Waals surface area contributed by atoms with Crippen molar-refractivity contribution in [2.75, 3.05) is 19.1 Å². The molecule has 0 fully saturated rings. The van der Waals surface area contributed by atoms with Gasteiger partial charge < -0.3 is 15.4 Å². The third kappa shape index (κ3) is 3.44. The molecule has 3 nitrogen and oxygen atoms in total. The number of methoxy groups -OCH3 is 1. The smallest absolute Gasteiger partial charge is 0.118 e. The molecule has 0 aromatic heterocycles. The van der Waals surface area contributed by atoms with Gasteiger partial charge in [-0.05, 0) is 35.4 Å². The summed E-state index contributed by atoms with van der Waals surface area (Å²) in [6.07, 6.45) is 0. The van der Waals surface area contributed by atoms with E-state index in [9.17, 15) is 0 Å². The minimum absolute atomic E-state index is 0.502. The zero-order chi connectivity index (χ0) is 14.5. The molecule has 20 heavy (non-hydrogen) atoms. The lowest BCUT2D eigenvalue weighted by atomic mass is 10.1. The summed E-state index contributed by atoms with van der Waals surface area (Å²) in [5.74, 6) is 0.863. The SMILES string of the molecule is COc1ccc(CN(C)c2ccc(CN)cc2Cl)cc1. The van der Waals surface area contributed by atoms with E-state index in [1.165, 1.54) is 5.56 Å². The molecule has 0 saturated heterocycles. The highest BCUT2D eigenvalue weighted by molar-refractivity contribution is 6.33. The summed E-state index contributed by atoms with van der Waals surface area (Å²) in [5.41, 5.74) is 8.85. The number of nitrogens with two attached hydrogens (primary N) is 1. The van der Waals surface area contributed by atoms with Gasteiger partial charge in [-0.3, -0.25) is 0 Å². The lowest BCUT2D eigenvalue weighted by Gasteiger charge is -2.21.